The molecule has 1 atom stereocenters. The van der Waals surface area contributed by atoms with E-state index in [4.69, 9.17) is 4.43 Å². The molecule has 5 heteroatoms. The van der Waals surface area contributed by atoms with Gasteiger partial charge in [0, 0.05) is 27.8 Å². The third kappa shape index (κ3) is 5.47. The zero-order valence-corrected chi connectivity index (χ0v) is 26.2. The molecule has 1 aromatic heterocycles. The van der Waals surface area contributed by atoms with Crippen LogP contribution < -0.4 is 4.43 Å². The minimum atomic E-state index is -2.07. The summed E-state index contributed by atoms with van der Waals surface area (Å²) in [6.07, 6.45) is 4.01. The van der Waals surface area contributed by atoms with Crippen molar-refractivity contribution in [3.05, 3.63) is 94.2 Å². The van der Waals surface area contributed by atoms with Gasteiger partial charge in [-0.3, -0.25) is 4.98 Å². The number of benzene rings is 3. The predicted octanol–water partition coefficient (Wildman–Crippen LogP) is 9.86. The molecular weight excluding hydrogens is 550 g/mol. The number of rotatable bonds is 9. The molecule has 0 aliphatic rings. The second-order valence-electron chi connectivity index (χ2n) is 11.2. The van der Waals surface area contributed by atoms with Gasteiger partial charge in [-0.25, -0.2) is 0 Å². The molecule has 0 aliphatic carbocycles. The topological polar surface area (TPSA) is 42.4 Å². The number of halogens is 1. The Morgan fingerprint density at radius 2 is 1.50 bits per heavy atom. The van der Waals surface area contributed by atoms with Gasteiger partial charge in [0.25, 0.3) is 8.32 Å². The van der Waals surface area contributed by atoms with Gasteiger partial charge in [-0.1, -0.05) is 101 Å². The number of aliphatic hydroxyl groups is 1. The van der Waals surface area contributed by atoms with Gasteiger partial charge < -0.3 is 9.53 Å². The first-order valence-electron chi connectivity index (χ1n) is 13.7. The maximum atomic E-state index is 11.3. The summed E-state index contributed by atoms with van der Waals surface area (Å²) in [5, 5.41) is 13.4. The normalized spacial score (nSPS) is 13.1. The van der Waals surface area contributed by atoms with Gasteiger partial charge in [-0.2, -0.15) is 0 Å². The Morgan fingerprint density at radius 1 is 0.842 bits per heavy atom. The van der Waals surface area contributed by atoms with E-state index in [0.717, 1.165) is 49.7 Å². The molecule has 1 heterocycles. The molecule has 0 bridgehead atoms. The summed E-state index contributed by atoms with van der Waals surface area (Å²) in [5.41, 5.74) is 6.57. The smallest absolute Gasteiger partial charge is 0.258 e. The second-order valence-corrected chi connectivity index (χ2v) is 17.5. The molecule has 38 heavy (non-hydrogen) atoms. The van der Waals surface area contributed by atoms with Crippen molar-refractivity contribution in [1.29, 1.82) is 0 Å². The van der Waals surface area contributed by atoms with Crippen molar-refractivity contribution in [3.8, 4) is 16.9 Å². The highest BCUT2D eigenvalue weighted by Crippen LogP contribution is 2.43. The van der Waals surface area contributed by atoms with E-state index < -0.39 is 14.4 Å². The van der Waals surface area contributed by atoms with E-state index in [-0.39, 0.29) is 0 Å². The van der Waals surface area contributed by atoms with E-state index in [1.807, 2.05) is 30.6 Å². The summed E-state index contributed by atoms with van der Waals surface area (Å²) in [5.74, 6) is 0.931. The molecule has 4 aromatic rings. The van der Waals surface area contributed by atoms with Gasteiger partial charge in [0.05, 0.1) is 0 Å². The first kappa shape index (κ1) is 28.5. The molecule has 0 spiro atoms. The van der Waals surface area contributed by atoms with E-state index in [1.54, 1.807) is 0 Å². The lowest BCUT2D eigenvalue weighted by atomic mass is 9.94. The Bertz CT molecular complexity index is 1390. The van der Waals surface area contributed by atoms with Crippen LogP contribution >= 0.6 is 15.9 Å². The van der Waals surface area contributed by atoms with Gasteiger partial charge in [0.2, 0.25) is 0 Å². The number of aliphatic hydroxyl groups excluding tert-OH is 1. The molecule has 0 aliphatic heterocycles. The molecule has 0 fully saturated rings. The lowest BCUT2D eigenvalue weighted by molar-refractivity contribution is 0.220. The highest BCUT2D eigenvalue weighted by atomic mass is 79.9. The van der Waals surface area contributed by atoms with Crippen LogP contribution in [0.5, 0.6) is 5.75 Å². The van der Waals surface area contributed by atoms with E-state index in [1.165, 1.54) is 5.56 Å². The molecule has 1 N–H and O–H groups in total. The third-order valence-electron chi connectivity index (χ3n) is 8.01. The Balaban J connectivity index is 1.76. The van der Waals surface area contributed by atoms with Gasteiger partial charge in [0.15, 0.2) is 0 Å². The van der Waals surface area contributed by atoms with Crippen LogP contribution in [0.4, 0.5) is 0 Å². The van der Waals surface area contributed by atoms with Crippen LogP contribution in [-0.2, 0) is 6.42 Å². The zero-order valence-electron chi connectivity index (χ0n) is 23.6. The Labute approximate surface area is 237 Å². The van der Waals surface area contributed by atoms with Crippen LogP contribution in [0.3, 0.4) is 0 Å². The van der Waals surface area contributed by atoms with Crippen LogP contribution in [-0.4, -0.2) is 18.4 Å². The summed E-state index contributed by atoms with van der Waals surface area (Å²) in [4.78, 5) is 4.54. The van der Waals surface area contributed by atoms with Crippen LogP contribution in [0.2, 0.25) is 16.6 Å². The molecule has 1 unspecified atom stereocenters. The molecule has 0 saturated heterocycles. The summed E-state index contributed by atoms with van der Waals surface area (Å²) in [6.45, 7) is 16.0. The SMILES string of the molecule is CCc1cc(C(O)c2ccc3cncc(-c4cccc(O[Si](C(C)C)(C(C)C)C(C)C)c4)c3c2)ccc1Br. The van der Waals surface area contributed by atoms with E-state index in [9.17, 15) is 5.11 Å². The van der Waals surface area contributed by atoms with E-state index >= 15 is 0 Å². The number of aromatic nitrogens is 1. The van der Waals surface area contributed by atoms with Crippen molar-refractivity contribution in [3.63, 3.8) is 0 Å². The molecule has 200 valence electrons. The quantitative estimate of drug-likeness (QED) is 0.197. The summed E-state index contributed by atoms with van der Waals surface area (Å²) < 4.78 is 8.06. The summed E-state index contributed by atoms with van der Waals surface area (Å²) in [6, 6.07) is 20.7. The van der Waals surface area contributed by atoms with Crippen molar-refractivity contribution in [2.45, 2.75) is 77.6 Å². The standard InChI is InChI=1S/C33H40BrNO2Si/c1-8-24-16-26(14-15-32(24)34)33(36)27-12-13-28-19-35-20-31(30(28)18-27)25-10-9-11-29(17-25)37-38(21(2)3,22(4)5)23(6)7/h9-23,33,36H,8H2,1-7H3. The van der Waals surface area contributed by atoms with Crippen molar-refractivity contribution < 1.29 is 9.53 Å². The number of fused-ring (bicyclic) bond motifs is 1. The Morgan fingerprint density at radius 3 is 2.16 bits per heavy atom. The Kier molecular flexibility index (Phi) is 8.81. The molecule has 3 aromatic carbocycles. The average Bonchev–Trinajstić information content (AvgIpc) is 2.90. The van der Waals surface area contributed by atoms with Crippen LogP contribution in [0, 0.1) is 0 Å². The van der Waals surface area contributed by atoms with Crippen molar-refractivity contribution >= 4 is 35.0 Å². The highest BCUT2D eigenvalue weighted by molar-refractivity contribution is 9.10. The molecule has 0 radical (unpaired) electrons. The maximum absolute atomic E-state index is 11.3. The molecule has 0 saturated carbocycles. The lowest BCUT2D eigenvalue weighted by Gasteiger charge is -2.42. The van der Waals surface area contributed by atoms with E-state index in [2.05, 4.69) is 112 Å². The van der Waals surface area contributed by atoms with Crippen molar-refractivity contribution in [2.75, 3.05) is 0 Å². The van der Waals surface area contributed by atoms with Crippen LogP contribution in [0.25, 0.3) is 21.9 Å². The molecular formula is C33H40BrNO2Si. The van der Waals surface area contributed by atoms with Crippen LogP contribution in [0.1, 0.15) is 71.3 Å². The highest BCUT2D eigenvalue weighted by Gasteiger charge is 2.47. The van der Waals surface area contributed by atoms with Gasteiger partial charge in [-0.15, -0.1) is 0 Å². The molecule has 0 amide bonds. The van der Waals surface area contributed by atoms with Gasteiger partial charge >= 0.3 is 0 Å². The first-order chi connectivity index (χ1) is 18.1. The summed E-state index contributed by atoms with van der Waals surface area (Å²) >= 11 is 3.61. The monoisotopic (exact) mass is 589 g/mol. The third-order valence-corrected chi connectivity index (χ3v) is 14.8. The molecule has 4 rings (SSSR count). The minimum absolute atomic E-state index is 0.501. The zero-order chi connectivity index (χ0) is 27.6. The van der Waals surface area contributed by atoms with Gasteiger partial charge in [-0.05, 0) is 74.9 Å². The van der Waals surface area contributed by atoms with Gasteiger partial charge in [0.1, 0.15) is 11.9 Å². The average molecular weight is 591 g/mol. The molecule has 3 nitrogen and oxygen atoms in total. The number of hydrogen-bond acceptors (Lipinski definition) is 3. The van der Waals surface area contributed by atoms with Crippen molar-refractivity contribution in [1.82, 2.24) is 4.98 Å². The predicted molar refractivity (Wildman–Crippen MR) is 166 cm³/mol. The van der Waals surface area contributed by atoms with Crippen molar-refractivity contribution in [2.24, 2.45) is 0 Å². The number of hydrogen-bond donors (Lipinski definition) is 1. The first-order valence-corrected chi connectivity index (χ1v) is 16.6. The summed E-state index contributed by atoms with van der Waals surface area (Å²) in [7, 11) is -2.07. The minimum Gasteiger partial charge on any atom is -0.543 e. The van der Waals surface area contributed by atoms with Crippen LogP contribution in [0.15, 0.2) is 77.5 Å². The number of nitrogens with zero attached hydrogens (tertiary/aromatic N) is 1. The Hall–Kier alpha value is -2.47. The number of pyridine rings is 1. The maximum Gasteiger partial charge on any atom is 0.258 e. The fraction of sp³-hybridized carbons (Fsp3) is 0.364. The lowest BCUT2D eigenvalue weighted by Crippen LogP contribution is -2.50. The number of aryl methyl sites for hydroxylation is 1. The largest absolute Gasteiger partial charge is 0.543 e. The second kappa shape index (κ2) is 11.7. The van der Waals surface area contributed by atoms with E-state index in [0.29, 0.717) is 16.6 Å². The fourth-order valence-electron chi connectivity index (χ4n) is 6.09. The fourth-order valence-corrected chi connectivity index (χ4v) is 11.9.